The van der Waals surface area contributed by atoms with Gasteiger partial charge >= 0.3 is 0 Å². The number of allylic oxidation sites excluding steroid dienone is 9. The van der Waals surface area contributed by atoms with E-state index in [0.717, 1.165) is 13.0 Å². The van der Waals surface area contributed by atoms with Gasteiger partial charge < -0.3 is 30.3 Å². The molecule has 5 N–H and O–H groups in total. The number of rotatable bonds is 4. The van der Waals surface area contributed by atoms with E-state index in [1.165, 1.54) is 45.1 Å². The molecule has 1 heterocycles. The number of fused-ring (bicyclic) bond motifs is 3. The number of hydrogen-bond donors (Lipinski definition) is 5. The van der Waals surface area contributed by atoms with E-state index in [-0.39, 0.29) is 11.1 Å². The van der Waals surface area contributed by atoms with Crippen LogP contribution in [-0.4, -0.2) is 59.9 Å². The van der Waals surface area contributed by atoms with Gasteiger partial charge in [-0.25, -0.2) is 0 Å². The summed E-state index contributed by atoms with van der Waals surface area (Å²) >= 11 is 0. The topological polar surface area (TPSA) is 162 Å². The summed E-state index contributed by atoms with van der Waals surface area (Å²) in [5.74, 6) is -9.75. The molecule has 1 saturated heterocycles. The first-order valence-electron chi connectivity index (χ1n) is 11.7. The minimum Gasteiger partial charge on any atom is -0.508 e. The number of aliphatic hydroxyl groups is 5. The van der Waals surface area contributed by atoms with Gasteiger partial charge in [0.25, 0.3) is 0 Å². The van der Waals surface area contributed by atoms with E-state index in [2.05, 4.69) is 0 Å². The molecule has 3 rings (SSSR count). The predicted octanol–water partition coefficient (Wildman–Crippen LogP) is 3.29. The molecule has 1 aliphatic heterocycles. The third-order valence-corrected chi connectivity index (χ3v) is 7.56. The molecule has 2 aliphatic carbocycles. The fraction of sp³-hybridized carbons (Fsp3) is 0.393. The monoisotopic (exact) mass is 512 g/mol. The molecule has 3 aliphatic rings. The molecule has 9 heteroatoms. The number of ether oxygens (including phenoxy) is 1. The highest BCUT2D eigenvalue weighted by Crippen LogP contribution is 2.66. The van der Waals surface area contributed by atoms with Gasteiger partial charge in [-0.3, -0.25) is 14.4 Å². The molecule has 0 spiro atoms. The van der Waals surface area contributed by atoms with Crippen molar-refractivity contribution in [3.63, 3.8) is 0 Å². The summed E-state index contributed by atoms with van der Waals surface area (Å²) in [6, 6.07) is 0. The SMILES string of the molecule is C/C=C/C=C/C(O)=C1C(=O)[C@](C)(O)[C@]2(O)O[C@]3(C)C(=O)C(C)=C(O)C(=C(O)/C=C/C=C/C)[C@@H]3[C@]2(C)C1=O. The van der Waals surface area contributed by atoms with Crippen LogP contribution < -0.4 is 0 Å². The molecule has 0 unspecified atom stereocenters. The molecule has 0 bridgehead atoms. The van der Waals surface area contributed by atoms with Gasteiger partial charge in [0.1, 0.15) is 28.5 Å². The first kappa shape index (κ1) is 28.0. The van der Waals surface area contributed by atoms with Crippen LogP contribution in [0.3, 0.4) is 0 Å². The lowest BCUT2D eigenvalue weighted by molar-refractivity contribution is -0.313. The van der Waals surface area contributed by atoms with E-state index in [9.17, 15) is 39.9 Å². The van der Waals surface area contributed by atoms with Crippen molar-refractivity contribution in [3.8, 4) is 0 Å². The number of aliphatic hydroxyl groups excluding tert-OH is 3. The van der Waals surface area contributed by atoms with Gasteiger partial charge in [-0.2, -0.15) is 0 Å². The number of carbonyl (C=O) groups is 3. The lowest BCUT2D eigenvalue weighted by Crippen LogP contribution is -2.72. The molecule has 0 radical (unpaired) electrons. The molecule has 1 saturated carbocycles. The number of ketones is 3. The maximum Gasteiger partial charge on any atom is 0.217 e. The molecule has 0 amide bonds. The van der Waals surface area contributed by atoms with Gasteiger partial charge in [0.15, 0.2) is 17.2 Å². The summed E-state index contributed by atoms with van der Waals surface area (Å²) in [5, 5.41) is 55.9. The van der Waals surface area contributed by atoms with Crippen LogP contribution in [0.15, 0.2) is 82.6 Å². The van der Waals surface area contributed by atoms with Crippen molar-refractivity contribution in [1.82, 2.24) is 0 Å². The third kappa shape index (κ3) is 3.53. The normalized spacial score (nSPS) is 39.5. The molecule has 0 aromatic rings. The van der Waals surface area contributed by atoms with Crippen molar-refractivity contribution < 1.29 is 44.7 Å². The van der Waals surface area contributed by atoms with E-state index in [1.54, 1.807) is 32.1 Å². The molecule has 0 aromatic heterocycles. The summed E-state index contributed by atoms with van der Waals surface area (Å²) in [4.78, 5) is 40.8. The minimum atomic E-state index is -2.98. The second-order valence-corrected chi connectivity index (χ2v) is 9.85. The van der Waals surface area contributed by atoms with E-state index in [4.69, 9.17) is 4.74 Å². The van der Waals surface area contributed by atoms with Crippen molar-refractivity contribution in [2.45, 2.75) is 58.5 Å². The van der Waals surface area contributed by atoms with Crippen molar-refractivity contribution in [2.75, 3.05) is 0 Å². The van der Waals surface area contributed by atoms with Crippen molar-refractivity contribution in [3.05, 3.63) is 82.6 Å². The lowest BCUT2D eigenvalue weighted by Gasteiger charge is -2.50. The number of Topliss-reactive ketones (excluding diaryl/α,β-unsaturated/α-hetero) is 3. The maximum atomic E-state index is 14.0. The Hall–Kier alpha value is -3.53. The Morgan fingerprint density at radius 2 is 1.35 bits per heavy atom. The molecule has 2 fully saturated rings. The maximum absolute atomic E-state index is 14.0. The quantitative estimate of drug-likeness (QED) is 0.165. The molecule has 198 valence electrons. The summed E-state index contributed by atoms with van der Waals surface area (Å²) in [5.41, 5.74) is -8.56. The average molecular weight is 513 g/mol. The lowest BCUT2D eigenvalue weighted by atomic mass is 9.52. The van der Waals surface area contributed by atoms with Crippen LogP contribution in [0, 0.1) is 11.3 Å². The van der Waals surface area contributed by atoms with Crippen LogP contribution in [0.2, 0.25) is 0 Å². The van der Waals surface area contributed by atoms with Crippen LogP contribution in [-0.2, 0) is 19.1 Å². The highest BCUT2D eigenvalue weighted by atomic mass is 16.7. The van der Waals surface area contributed by atoms with Crippen molar-refractivity contribution in [2.24, 2.45) is 11.3 Å². The Morgan fingerprint density at radius 3 is 1.86 bits per heavy atom. The Kier molecular flexibility index (Phi) is 6.89. The van der Waals surface area contributed by atoms with Crippen LogP contribution in [0.4, 0.5) is 0 Å². The Bertz CT molecular complexity index is 1290. The van der Waals surface area contributed by atoms with Crippen LogP contribution in [0.1, 0.15) is 41.5 Å². The van der Waals surface area contributed by atoms with Crippen LogP contribution in [0.25, 0.3) is 0 Å². The fourth-order valence-corrected chi connectivity index (χ4v) is 5.62. The van der Waals surface area contributed by atoms with Crippen molar-refractivity contribution in [1.29, 1.82) is 0 Å². The Balaban J connectivity index is 2.46. The van der Waals surface area contributed by atoms with Gasteiger partial charge in [-0.1, -0.05) is 36.5 Å². The Morgan fingerprint density at radius 1 is 0.838 bits per heavy atom. The van der Waals surface area contributed by atoms with E-state index in [1.807, 2.05) is 0 Å². The smallest absolute Gasteiger partial charge is 0.217 e. The zero-order valence-corrected chi connectivity index (χ0v) is 21.6. The molecule has 0 aromatic carbocycles. The summed E-state index contributed by atoms with van der Waals surface area (Å²) in [6.45, 7) is 8.07. The zero-order chi connectivity index (χ0) is 28.1. The van der Waals surface area contributed by atoms with Gasteiger partial charge in [-0.15, -0.1) is 0 Å². The van der Waals surface area contributed by atoms with Gasteiger partial charge in [-0.05, 0) is 53.7 Å². The standard InChI is InChI=1S/C28H32O9/c1-7-9-11-13-16(29)18-20(31)15(3)22(32)26(5)21(18)25(4)23(33)19(17(30)14-12-10-8-2)24(34)27(6,35)28(25,36)37-26/h7-14,21,29-31,35-36H,1-6H3/b9-7+,10-8+,13-11+,14-12+,18-16?,19-17?/t21-,25-,26+,27+,28-/m1/s1. The van der Waals surface area contributed by atoms with Crippen LogP contribution in [0.5, 0.6) is 0 Å². The number of carbonyl (C=O) groups excluding carboxylic acids is 3. The second-order valence-electron chi connectivity index (χ2n) is 9.85. The van der Waals surface area contributed by atoms with Gasteiger partial charge in [0.05, 0.1) is 5.41 Å². The van der Waals surface area contributed by atoms with Gasteiger partial charge in [0.2, 0.25) is 11.6 Å². The van der Waals surface area contributed by atoms with E-state index in [0.29, 0.717) is 0 Å². The van der Waals surface area contributed by atoms with Crippen LogP contribution >= 0.6 is 0 Å². The molecule has 37 heavy (non-hydrogen) atoms. The summed E-state index contributed by atoms with van der Waals surface area (Å²) in [6.07, 6.45) is 11.5. The highest BCUT2D eigenvalue weighted by molar-refractivity contribution is 6.28. The molecule has 9 nitrogen and oxygen atoms in total. The van der Waals surface area contributed by atoms with E-state index >= 15 is 0 Å². The van der Waals surface area contributed by atoms with E-state index < -0.39 is 68.5 Å². The highest BCUT2D eigenvalue weighted by Gasteiger charge is 2.83. The predicted molar refractivity (Wildman–Crippen MR) is 134 cm³/mol. The average Bonchev–Trinajstić information content (AvgIpc) is 3.03. The Labute approximate surface area is 214 Å². The largest absolute Gasteiger partial charge is 0.508 e. The van der Waals surface area contributed by atoms with Gasteiger partial charge in [0, 0.05) is 17.1 Å². The first-order chi connectivity index (χ1) is 17.1. The zero-order valence-electron chi connectivity index (χ0n) is 21.6. The third-order valence-electron chi connectivity index (χ3n) is 7.56. The molecular formula is C28H32O9. The summed E-state index contributed by atoms with van der Waals surface area (Å²) in [7, 11) is 0. The second kappa shape index (κ2) is 9.09. The minimum absolute atomic E-state index is 0.211. The first-order valence-corrected chi connectivity index (χ1v) is 11.7. The molecular weight excluding hydrogens is 480 g/mol. The molecule has 5 atom stereocenters. The van der Waals surface area contributed by atoms with Crippen molar-refractivity contribution >= 4 is 17.3 Å². The number of hydrogen-bond acceptors (Lipinski definition) is 9. The fourth-order valence-electron chi connectivity index (χ4n) is 5.62. The summed E-state index contributed by atoms with van der Waals surface area (Å²) < 4.78 is 5.82.